The molecule has 0 aliphatic heterocycles. The van der Waals surface area contributed by atoms with Gasteiger partial charge in [0, 0.05) is 23.6 Å². The number of nitrogens with zero attached hydrogens (tertiary/aromatic N) is 1. The van der Waals surface area contributed by atoms with Crippen LogP contribution in [0.15, 0.2) is 27.6 Å². The monoisotopic (exact) mass is 378 g/mol. The molecule has 0 aliphatic rings. The summed E-state index contributed by atoms with van der Waals surface area (Å²) in [6, 6.07) is 4.30. The maximum Gasteiger partial charge on any atom is 0.253 e. The van der Waals surface area contributed by atoms with Crippen molar-refractivity contribution in [3.63, 3.8) is 0 Å². The molecule has 1 rings (SSSR count). The van der Waals surface area contributed by atoms with Gasteiger partial charge in [0.1, 0.15) is 0 Å². The fourth-order valence-electron chi connectivity index (χ4n) is 1.60. The van der Waals surface area contributed by atoms with E-state index in [1.54, 1.807) is 13.1 Å². The molecule has 6 nitrogen and oxygen atoms in total. The second-order valence-electron chi connectivity index (χ2n) is 4.84. The van der Waals surface area contributed by atoms with Crippen molar-refractivity contribution in [2.45, 2.75) is 24.8 Å². The number of halogens is 1. The van der Waals surface area contributed by atoms with Gasteiger partial charge in [-0.05, 0) is 48.0 Å². The summed E-state index contributed by atoms with van der Waals surface area (Å²) in [5, 5.41) is 5.11. The first-order chi connectivity index (χ1) is 9.62. The van der Waals surface area contributed by atoms with Gasteiger partial charge in [0.2, 0.25) is 10.0 Å². The van der Waals surface area contributed by atoms with E-state index in [0.717, 1.165) is 0 Å². The zero-order valence-corrected chi connectivity index (χ0v) is 14.6. The molecule has 0 fully saturated rings. The summed E-state index contributed by atoms with van der Waals surface area (Å²) in [4.78, 5) is 13.6. The third-order valence-electron chi connectivity index (χ3n) is 2.71. The summed E-state index contributed by atoms with van der Waals surface area (Å²) in [5.74, 6) is -0.292. The smallest absolute Gasteiger partial charge is 0.253 e. The SMILES string of the molecule is CC(C)OCCN(C)C(=O)c1ccc(Br)c(S(N)(=O)=O)c1. The van der Waals surface area contributed by atoms with Gasteiger partial charge in [-0.2, -0.15) is 0 Å². The van der Waals surface area contributed by atoms with Crippen molar-refractivity contribution in [2.24, 2.45) is 5.14 Å². The van der Waals surface area contributed by atoms with Gasteiger partial charge in [-0.25, -0.2) is 13.6 Å². The molecule has 0 aromatic heterocycles. The zero-order chi connectivity index (χ0) is 16.2. The van der Waals surface area contributed by atoms with Crippen LogP contribution in [0.5, 0.6) is 0 Å². The normalized spacial score (nSPS) is 11.7. The predicted molar refractivity (Wildman–Crippen MR) is 83.6 cm³/mol. The number of benzene rings is 1. The lowest BCUT2D eigenvalue weighted by molar-refractivity contribution is 0.0532. The Labute approximate surface area is 133 Å². The summed E-state index contributed by atoms with van der Waals surface area (Å²) in [7, 11) is -2.26. The number of carbonyl (C=O) groups is 1. The highest BCUT2D eigenvalue weighted by atomic mass is 79.9. The van der Waals surface area contributed by atoms with Crippen molar-refractivity contribution < 1.29 is 17.9 Å². The average molecular weight is 379 g/mol. The number of likely N-dealkylation sites (N-methyl/N-ethyl adjacent to an activating group) is 1. The standard InChI is InChI=1S/C13H19BrN2O4S/c1-9(2)20-7-6-16(3)13(17)10-4-5-11(14)12(8-10)21(15,18)19/h4-5,8-9H,6-7H2,1-3H3,(H2,15,18,19). The van der Waals surface area contributed by atoms with Gasteiger partial charge < -0.3 is 9.64 Å². The number of amides is 1. The summed E-state index contributed by atoms with van der Waals surface area (Å²) >= 11 is 3.11. The van der Waals surface area contributed by atoms with Crippen LogP contribution < -0.4 is 5.14 Å². The van der Waals surface area contributed by atoms with E-state index in [2.05, 4.69) is 15.9 Å². The Kier molecular flexibility index (Phi) is 6.33. The number of ether oxygens (including phenoxy) is 1. The van der Waals surface area contributed by atoms with Crippen molar-refractivity contribution in [3.05, 3.63) is 28.2 Å². The van der Waals surface area contributed by atoms with Crippen molar-refractivity contribution >= 4 is 31.9 Å². The van der Waals surface area contributed by atoms with Gasteiger partial charge >= 0.3 is 0 Å². The molecule has 2 N–H and O–H groups in total. The van der Waals surface area contributed by atoms with Crippen LogP contribution in [0.25, 0.3) is 0 Å². The van der Waals surface area contributed by atoms with E-state index in [4.69, 9.17) is 9.88 Å². The molecule has 8 heteroatoms. The maximum atomic E-state index is 12.2. The van der Waals surface area contributed by atoms with Crippen LogP contribution in [0.3, 0.4) is 0 Å². The lowest BCUT2D eigenvalue weighted by Gasteiger charge is -2.18. The van der Waals surface area contributed by atoms with Crippen molar-refractivity contribution in [3.8, 4) is 0 Å². The Morgan fingerprint density at radius 1 is 1.43 bits per heavy atom. The summed E-state index contributed by atoms with van der Waals surface area (Å²) in [6.07, 6.45) is 0.0927. The van der Waals surface area contributed by atoms with E-state index in [0.29, 0.717) is 17.6 Å². The van der Waals surface area contributed by atoms with Crippen LogP contribution in [0.2, 0.25) is 0 Å². The Hall–Kier alpha value is -0.960. The molecule has 1 aromatic rings. The van der Waals surface area contributed by atoms with Crippen LogP contribution >= 0.6 is 15.9 Å². The largest absolute Gasteiger partial charge is 0.377 e. The fourth-order valence-corrected chi connectivity index (χ4v) is 3.16. The summed E-state index contributed by atoms with van der Waals surface area (Å²) in [5.41, 5.74) is 0.259. The molecule has 0 aliphatic carbocycles. The van der Waals surface area contributed by atoms with E-state index >= 15 is 0 Å². The highest BCUT2D eigenvalue weighted by molar-refractivity contribution is 9.10. The number of hydrogen-bond acceptors (Lipinski definition) is 4. The van der Waals surface area contributed by atoms with Gasteiger partial charge in [0.05, 0.1) is 17.6 Å². The molecule has 118 valence electrons. The molecule has 0 atom stereocenters. The topological polar surface area (TPSA) is 89.7 Å². The molecule has 21 heavy (non-hydrogen) atoms. The van der Waals surface area contributed by atoms with Crippen LogP contribution in [0.1, 0.15) is 24.2 Å². The van der Waals surface area contributed by atoms with Crippen LogP contribution in [-0.4, -0.2) is 45.5 Å². The van der Waals surface area contributed by atoms with Gasteiger partial charge in [-0.1, -0.05) is 0 Å². The maximum absolute atomic E-state index is 12.2. The van der Waals surface area contributed by atoms with E-state index in [1.165, 1.54) is 17.0 Å². The van der Waals surface area contributed by atoms with Crippen molar-refractivity contribution in [1.29, 1.82) is 0 Å². The molecule has 0 saturated heterocycles. The van der Waals surface area contributed by atoms with E-state index < -0.39 is 10.0 Å². The van der Waals surface area contributed by atoms with Crippen molar-refractivity contribution in [1.82, 2.24) is 4.90 Å². The van der Waals surface area contributed by atoms with Gasteiger partial charge in [0.15, 0.2) is 0 Å². The minimum absolute atomic E-state index is 0.0927. The molecule has 0 bridgehead atoms. The Morgan fingerprint density at radius 3 is 2.57 bits per heavy atom. The lowest BCUT2D eigenvalue weighted by Crippen LogP contribution is -2.31. The summed E-state index contributed by atoms with van der Waals surface area (Å²) in [6.45, 7) is 4.65. The Bertz CT molecular complexity index is 617. The molecule has 0 heterocycles. The molecular weight excluding hydrogens is 360 g/mol. The predicted octanol–water partition coefficient (Wildman–Crippen LogP) is 1.59. The summed E-state index contributed by atoms with van der Waals surface area (Å²) < 4.78 is 28.6. The molecule has 1 amide bonds. The molecule has 0 saturated carbocycles. The second kappa shape index (κ2) is 7.35. The highest BCUT2D eigenvalue weighted by Crippen LogP contribution is 2.22. The molecular formula is C13H19BrN2O4S. The van der Waals surface area contributed by atoms with E-state index in [-0.39, 0.29) is 22.5 Å². The number of hydrogen-bond donors (Lipinski definition) is 1. The van der Waals surface area contributed by atoms with E-state index in [9.17, 15) is 13.2 Å². The Balaban J connectivity index is 2.88. The quantitative estimate of drug-likeness (QED) is 0.813. The first-order valence-corrected chi connectivity index (χ1v) is 8.66. The molecule has 1 aromatic carbocycles. The number of nitrogens with two attached hydrogens (primary N) is 1. The van der Waals surface area contributed by atoms with Crippen LogP contribution in [0.4, 0.5) is 0 Å². The molecule has 0 spiro atoms. The van der Waals surface area contributed by atoms with Gasteiger partial charge in [-0.3, -0.25) is 4.79 Å². The van der Waals surface area contributed by atoms with Gasteiger partial charge in [-0.15, -0.1) is 0 Å². The minimum Gasteiger partial charge on any atom is -0.377 e. The first kappa shape index (κ1) is 18.1. The Morgan fingerprint density at radius 2 is 2.05 bits per heavy atom. The number of primary sulfonamides is 1. The average Bonchev–Trinajstić information content (AvgIpc) is 2.36. The number of carbonyl (C=O) groups excluding carboxylic acids is 1. The highest BCUT2D eigenvalue weighted by Gasteiger charge is 2.18. The number of rotatable bonds is 6. The lowest BCUT2D eigenvalue weighted by atomic mass is 10.2. The third kappa shape index (κ3) is 5.39. The van der Waals surface area contributed by atoms with Gasteiger partial charge in [0.25, 0.3) is 5.91 Å². The van der Waals surface area contributed by atoms with Crippen LogP contribution in [0, 0.1) is 0 Å². The van der Waals surface area contributed by atoms with Crippen LogP contribution in [-0.2, 0) is 14.8 Å². The first-order valence-electron chi connectivity index (χ1n) is 6.32. The third-order valence-corrected chi connectivity index (χ3v) is 4.61. The minimum atomic E-state index is -3.89. The van der Waals surface area contributed by atoms with Crippen molar-refractivity contribution in [2.75, 3.05) is 20.2 Å². The number of sulfonamides is 1. The molecule has 0 radical (unpaired) electrons. The molecule has 0 unspecified atom stereocenters. The second-order valence-corrected chi connectivity index (χ2v) is 7.22. The van der Waals surface area contributed by atoms with E-state index in [1.807, 2.05) is 13.8 Å². The fraction of sp³-hybridized carbons (Fsp3) is 0.462. The zero-order valence-electron chi connectivity index (χ0n) is 12.2.